The molecule has 2 N–H and O–H groups in total. The third-order valence-corrected chi connectivity index (χ3v) is 16.4. The largest absolute Gasteiger partial charge is 0.756 e. The molecule has 446 valence electrons. The predicted molar refractivity (Wildman–Crippen MR) is 325 cm³/mol. The van der Waals surface area contributed by atoms with Crippen molar-refractivity contribution in [1.29, 1.82) is 0 Å². The lowest BCUT2D eigenvalue weighted by atomic mass is 10.0. The van der Waals surface area contributed by atoms with Crippen LogP contribution < -0.4 is 10.2 Å². The van der Waals surface area contributed by atoms with Gasteiger partial charge in [0.2, 0.25) is 5.91 Å². The number of nitrogens with zero attached hydrogens (tertiary/aromatic N) is 1. The fourth-order valence-electron chi connectivity index (χ4n) is 10.3. The first kappa shape index (κ1) is 74.0. The molecule has 0 rings (SSSR count). The number of carbonyl (C=O) groups excluding carboxylic acids is 1. The molecule has 0 aromatic rings. The number of nitrogens with one attached hydrogen (secondary N) is 1. The number of aliphatic hydroxyl groups excluding tert-OH is 1. The molecule has 0 radical (unpaired) electrons. The SMILES string of the molecule is CCCCCCC/C=C\C/C=C\CCCCCCCCCCCCCCCCCCCCCCCCCC(=O)NC(COP(=O)([O-])OCC[N+](C)(C)C)C(O)CCCCCCCCCCCCCCCCCCCC. The van der Waals surface area contributed by atoms with E-state index in [1.54, 1.807) is 0 Å². The molecule has 0 aliphatic rings. The summed E-state index contributed by atoms with van der Waals surface area (Å²) >= 11 is 0. The number of carbonyl (C=O) groups is 1. The van der Waals surface area contributed by atoms with Crippen molar-refractivity contribution in [3.63, 3.8) is 0 Å². The van der Waals surface area contributed by atoms with Gasteiger partial charge < -0.3 is 28.8 Å². The lowest BCUT2D eigenvalue weighted by molar-refractivity contribution is -0.870. The van der Waals surface area contributed by atoms with E-state index in [0.29, 0.717) is 23.9 Å². The number of allylic oxidation sites excluding steroid dienone is 4. The van der Waals surface area contributed by atoms with Gasteiger partial charge in [0.05, 0.1) is 39.9 Å². The Labute approximate surface area is 468 Å². The van der Waals surface area contributed by atoms with Crippen LogP contribution in [-0.2, 0) is 18.4 Å². The maximum atomic E-state index is 13.0. The van der Waals surface area contributed by atoms with Crippen molar-refractivity contribution in [1.82, 2.24) is 5.32 Å². The minimum atomic E-state index is -4.57. The van der Waals surface area contributed by atoms with Gasteiger partial charge in [-0.1, -0.05) is 314 Å². The lowest BCUT2D eigenvalue weighted by Crippen LogP contribution is -2.46. The van der Waals surface area contributed by atoms with Crippen LogP contribution in [0.2, 0.25) is 0 Å². The Morgan fingerprint density at radius 1 is 0.467 bits per heavy atom. The highest BCUT2D eigenvalue weighted by Crippen LogP contribution is 2.38. The molecule has 9 heteroatoms. The number of quaternary nitrogens is 1. The van der Waals surface area contributed by atoms with Crippen LogP contribution >= 0.6 is 7.82 Å². The summed E-state index contributed by atoms with van der Waals surface area (Å²) in [4.78, 5) is 25.6. The topological polar surface area (TPSA) is 108 Å². The smallest absolute Gasteiger partial charge is 0.268 e. The van der Waals surface area contributed by atoms with Gasteiger partial charge in [-0.25, -0.2) is 0 Å². The van der Waals surface area contributed by atoms with E-state index < -0.39 is 20.0 Å². The van der Waals surface area contributed by atoms with E-state index >= 15 is 0 Å². The molecule has 8 nitrogen and oxygen atoms in total. The zero-order chi connectivity index (χ0) is 54.9. The summed E-state index contributed by atoms with van der Waals surface area (Å²) < 4.78 is 23.5. The van der Waals surface area contributed by atoms with Crippen LogP contribution in [0.5, 0.6) is 0 Å². The highest BCUT2D eigenvalue weighted by molar-refractivity contribution is 7.45. The summed E-state index contributed by atoms with van der Waals surface area (Å²) in [6.45, 7) is 4.76. The standard InChI is InChI=1S/C66H131N2O6P/c1-6-8-10-12-14-16-18-20-22-24-26-27-28-29-30-31-32-33-34-35-36-37-38-39-40-41-42-44-46-48-50-52-54-56-58-60-66(70)67-64(63-74-75(71,72)73-62-61-68(3,4)5)65(69)59-57-55-53-51-49-47-45-43-25-23-21-19-17-15-13-11-9-7-2/h18,20,24,26,64-65,69H,6-17,19,21-23,25,27-63H2,1-5H3,(H-,67,70,71,72)/b20-18-,26-24-. The van der Waals surface area contributed by atoms with Crippen LogP contribution in [0.25, 0.3) is 0 Å². The molecular weight excluding hydrogens is 948 g/mol. The Bertz CT molecular complexity index is 1270. The molecule has 0 heterocycles. The zero-order valence-corrected chi connectivity index (χ0v) is 51.9. The van der Waals surface area contributed by atoms with E-state index in [1.165, 1.54) is 270 Å². The van der Waals surface area contributed by atoms with Crippen LogP contribution in [0.1, 0.15) is 341 Å². The minimum Gasteiger partial charge on any atom is -0.756 e. The second-order valence-electron chi connectivity index (χ2n) is 24.2. The number of phosphoric acid groups is 1. The molecule has 0 saturated heterocycles. The van der Waals surface area contributed by atoms with Gasteiger partial charge in [-0.2, -0.15) is 0 Å². The molecular formula is C66H131N2O6P. The predicted octanol–water partition coefficient (Wildman–Crippen LogP) is 20.1. The molecule has 75 heavy (non-hydrogen) atoms. The monoisotopic (exact) mass is 1080 g/mol. The van der Waals surface area contributed by atoms with Crippen molar-refractivity contribution in [3.05, 3.63) is 24.3 Å². The number of phosphoric ester groups is 1. The van der Waals surface area contributed by atoms with E-state index in [1.807, 2.05) is 21.1 Å². The zero-order valence-electron chi connectivity index (χ0n) is 51.0. The lowest BCUT2D eigenvalue weighted by Gasteiger charge is -2.30. The summed E-state index contributed by atoms with van der Waals surface area (Å²) in [5, 5.41) is 14.1. The average Bonchev–Trinajstić information content (AvgIpc) is 3.37. The van der Waals surface area contributed by atoms with Crippen LogP contribution in [-0.4, -0.2) is 68.5 Å². The normalized spacial score (nSPS) is 13.9. The number of unbranched alkanes of at least 4 members (excludes halogenated alkanes) is 45. The van der Waals surface area contributed by atoms with E-state index in [4.69, 9.17) is 9.05 Å². The molecule has 0 aliphatic carbocycles. The van der Waals surface area contributed by atoms with Crippen LogP contribution in [0.3, 0.4) is 0 Å². The van der Waals surface area contributed by atoms with Gasteiger partial charge in [0.15, 0.2) is 0 Å². The second-order valence-corrected chi connectivity index (χ2v) is 25.6. The van der Waals surface area contributed by atoms with Gasteiger partial charge >= 0.3 is 0 Å². The molecule has 0 spiro atoms. The fourth-order valence-corrected chi connectivity index (χ4v) is 11.0. The van der Waals surface area contributed by atoms with Crippen molar-refractivity contribution >= 4 is 13.7 Å². The number of hydrogen-bond acceptors (Lipinski definition) is 6. The summed E-state index contributed by atoms with van der Waals surface area (Å²) in [6.07, 6.45) is 73.9. The highest BCUT2D eigenvalue weighted by atomic mass is 31.2. The van der Waals surface area contributed by atoms with Gasteiger partial charge in [0.1, 0.15) is 13.2 Å². The maximum absolute atomic E-state index is 13.0. The summed E-state index contributed by atoms with van der Waals surface area (Å²) in [7, 11) is 1.32. The average molecular weight is 1080 g/mol. The Morgan fingerprint density at radius 3 is 1.11 bits per heavy atom. The summed E-state index contributed by atoms with van der Waals surface area (Å²) in [6, 6.07) is -0.798. The Kier molecular flexibility index (Phi) is 56.9. The Balaban J connectivity index is 3.94. The van der Waals surface area contributed by atoms with E-state index in [9.17, 15) is 19.4 Å². The van der Waals surface area contributed by atoms with Crippen LogP contribution in [0.4, 0.5) is 0 Å². The number of aliphatic hydroxyl groups is 1. The molecule has 0 aromatic heterocycles. The van der Waals surface area contributed by atoms with Crippen LogP contribution in [0.15, 0.2) is 24.3 Å². The van der Waals surface area contributed by atoms with E-state index in [0.717, 1.165) is 44.9 Å². The highest BCUT2D eigenvalue weighted by Gasteiger charge is 2.24. The number of amides is 1. The number of likely N-dealkylation sites (N-methyl/N-ethyl adjacent to an activating group) is 1. The van der Waals surface area contributed by atoms with E-state index in [-0.39, 0.29) is 19.1 Å². The van der Waals surface area contributed by atoms with Crippen molar-refractivity contribution < 1.29 is 32.9 Å². The Hall–Kier alpha value is -1.02. The minimum absolute atomic E-state index is 0.0152. The number of hydrogen-bond donors (Lipinski definition) is 2. The molecule has 0 fully saturated rings. The second kappa shape index (κ2) is 57.7. The Morgan fingerprint density at radius 2 is 0.773 bits per heavy atom. The quantitative estimate of drug-likeness (QED) is 0.0272. The number of rotatable bonds is 62. The first-order valence-electron chi connectivity index (χ1n) is 33.2. The molecule has 0 saturated carbocycles. The summed E-state index contributed by atoms with van der Waals surface area (Å²) in [5.74, 6) is -0.157. The van der Waals surface area contributed by atoms with Gasteiger partial charge in [-0.05, 0) is 44.9 Å². The van der Waals surface area contributed by atoms with E-state index in [2.05, 4.69) is 43.5 Å². The summed E-state index contributed by atoms with van der Waals surface area (Å²) in [5.41, 5.74) is 0. The first-order chi connectivity index (χ1) is 36.5. The van der Waals surface area contributed by atoms with Gasteiger partial charge in [0, 0.05) is 6.42 Å². The third-order valence-electron chi connectivity index (χ3n) is 15.4. The van der Waals surface area contributed by atoms with Gasteiger partial charge in [-0.15, -0.1) is 0 Å². The third kappa shape index (κ3) is 60.5. The van der Waals surface area contributed by atoms with Crippen molar-refractivity contribution in [3.8, 4) is 0 Å². The van der Waals surface area contributed by atoms with Crippen molar-refractivity contribution in [2.24, 2.45) is 0 Å². The molecule has 3 unspecified atom stereocenters. The van der Waals surface area contributed by atoms with Crippen molar-refractivity contribution in [2.75, 3.05) is 40.9 Å². The molecule has 0 bridgehead atoms. The van der Waals surface area contributed by atoms with Gasteiger partial charge in [0.25, 0.3) is 7.82 Å². The first-order valence-corrected chi connectivity index (χ1v) is 34.6. The van der Waals surface area contributed by atoms with Crippen molar-refractivity contribution in [2.45, 2.75) is 353 Å². The van der Waals surface area contributed by atoms with Crippen LogP contribution in [0, 0.1) is 0 Å². The van der Waals surface area contributed by atoms with Gasteiger partial charge in [-0.3, -0.25) is 9.36 Å². The maximum Gasteiger partial charge on any atom is 0.268 e. The molecule has 0 aromatic carbocycles. The molecule has 3 atom stereocenters. The molecule has 1 amide bonds. The fraction of sp³-hybridized carbons (Fsp3) is 0.924. The molecule has 0 aliphatic heterocycles.